The SMILES string of the molecule is C=C1NC=CC=C1C(N)=O. The Morgan fingerprint density at radius 1 is 1.70 bits per heavy atom. The number of hydrogen-bond donors (Lipinski definition) is 2. The van der Waals surface area contributed by atoms with Gasteiger partial charge in [-0.25, -0.2) is 0 Å². The van der Waals surface area contributed by atoms with Crippen LogP contribution in [-0.4, -0.2) is 5.91 Å². The van der Waals surface area contributed by atoms with E-state index in [9.17, 15) is 4.79 Å². The van der Waals surface area contributed by atoms with Gasteiger partial charge in [0.1, 0.15) is 0 Å². The van der Waals surface area contributed by atoms with Gasteiger partial charge in [0, 0.05) is 11.9 Å². The number of primary amides is 1. The maximum absolute atomic E-state index is 10.6. The summed E-state index contributed by atoms with van der Waals surface area (Å²) in [5, 5.41) is 2.77. The van der Waals surface area contributed by atoms with E-state index in [2.05, 4.69) is 11.9 Å². The van der Waals surface area contributed by atoms with Gasteiger partial charge in [-0.15, -0.1) is 0 Å². The molecule has 10 heavy (non-hydrogen) atoms. The molecule has 1 aliphatic rings. The van der Waals surface area contributed by atoms with Crippen LogP contribution in [-0.2, 0) is 4.79 Å². The quantitative estimate of drug-likeness (QED) is 0.534. The molecule has 1 amide bonds. The number of amides is 1. The summed E-state index contributed by atoms with van der Waals surface area (Å²) >= 11 is 0. The Morgan fingerprint density at radius 3 is 2.80 bits per heavy atom. The summed E-state index contributed by atoms with van der Waals surface area (Å²) in [6.45, 7) is 3.59. The molecule has 0 bridgehead atoms. The van der Waals surface area contributed by atoms with Crippen molar-refractivity contribution in [1.29, 1.82) is 0 Å². The highest BCUT2D eigenvalue weighted by molar-refractivity contribution is 5.96. The van der Waals surface area contributed by atoms with Gasteiger partial charge in [-0.2, -0.15) is 0 Å². The largest absolute Gasteiger partial charge is 0.366 e. The molecule has 3 N–H and O–H groups in total. The minimum Gasteiger partial charge on any atom is -0.366 e. The van der Waals surface area contributed by atoms with E-state index in [1.807, 2.05) is 0 Å². The van der Waals surface area contributed by atoms with Gasteiger partial charge in [-0.1, -0.05) is 6.58 Å². The van der Waals surface area contributed by atoms with Gasteiger partial charge in [-0.3, -0.25) is 4.79 Å². The van der Waals surface area contributed by atoms with E-state index in [-0.39, 0.29) is 0 Å². The highest BCUT2D eigenvalue weighted by atomic mass is 16.1. The Kier molecular flexibility index (Phi) is 1.58. The van der Waals surface area contributed by atoms with Gasteiger partial charge in [0.25, 0.3) is 5.91 Å². The number of hydrogen-bond acceptors (Lipinski definition) is 2. The second-order valence-electron chi connectivity index (χ2n) is 1.93. The average Bonchev–Trinajstić information content (AvgIpc) is 1.88. The number of carbonyl (C=O) groups is 1. The predicted octanol–water partition coefficient (Wildman–Crippen LogP) is 0.0287. The molecule has 0 saturated heterocycles. The van der Waals surface area contributed by atoms with Crippen LogP contribution in [0.2, 0.25) is 0 Å². The van der Waals surface area contributed by atoms with Gasteiger partial charge < -0.3 is 11.1 Å². The first-order chi connectivity index (χ1) is 4.72. The maximum atomic E-state index is 10.6. The molecule has 0 aromatic heterocycles. The van der Waals surface area contributed by atoms with Crippen molar-refractivity contribution in [2.24, 2.45) is 5.73 Å². The fourth-order valence-electron chi connectivity index (χ4n) is 0.702. The monoisotopic (exact) mass is 136 g/mol. The first kappa shape index (κ1) is 6.61. The van der Waals surface area contributed by atoms with E-state index in [0.717, 1.165) is 0 Å². The normalized spacial score (nSPS) is 16.0. The fourth-order valence-corrected chi connectivity index (χ4v) is 0.702. The van der Waals surface area contributed by atoms with Crippen molar-refractivity contribution in [2.75, 3.05) is 0 Å². The van der Waals surface area contributed by atoms with Crippen LogP contribution in [0, 0.1) is 0 Å². The number of carbonyl (C=O) groups excluding carboxylic acids is 1. The third-order valence-electron chi connectivity index (χ3n) is 1.21. The van der Waals surface area contributed by atoms with Crippen molar-refractivity contribution < 1.29 is 4.79 Å². The molecule has 0 atom stereocenters. The van der Waals surface area contributed by atoms with Crippen LogP contribution in [0.4, 0.5) is 0 Å². The summed E-state index contributed by atoms with van der Waals surface area (Å²) in [6, 6.07) is 0. The molecule has 0 unspecified atom stereocenters. The molecule has 1 aliphatic heterocycles. The number of nitrogens with one attached hydrogen (secondary N) is 1. The molecule has 52 valence electrons. The standard InChI is InChI=1S/C7H8N2O/c1-5-6(7(8)10)3-2-4-9-5/h2-4,9H,1H2,(H2,8,10). The number of nitrogens with two attached hydrogens (primary N) is 1. The summed E-state index contributed by atoms with van der Waals surface area (Å²) in [5.41, 5.74) is 6.00. The van der Waals surface area contributed by atoms with E-state index >= 15 is 0 Å². The van der Waals surface area contributed by atoms with Crippen LogP contribution in [0.25, 0.3) is 0 Å². The molecular formula is C7H8N2O. The molecule has 1 heterocycles. The Hall–Kier alpha value is -1.51. The second-order valence-corrected chi connectivity index (χ2v) is 1.93. The molecule has 0 saturated carbocycles. The fraction of sp³-hybridized carbons (Fsp3) is 0. The van der Waals surface area contributed by atoms with Gasteiger partial charge in [0.05, 0.1) is 5.57 Å². The van der Waals surface area contributed by atoms with Gasteiger partial charge in [-0.05, 0) is 12.2 Å². The molecule has 0 aliphatic carbocycles. The first-order valence-corrected chi connectivity index (χ1v) is 2.84. The summed E-state index contributed by atoms with van der Waals surface area (Å²) in [4.78, 5) is 10.6. The molecule has 3 heteroatoms. The second kappa shape index (κ2) is 2.39. The average molecular weight is 136 g/mol. The topological polar surface area (TPSA) is 55.1 Å². The molecular weight excluding hydrogens is 128 g/mol. The van der Waals surface area contributed by atoms with E-state index in [1.54, 1.807) is 18.4 Å². The Labute approximate surface area is 58.9 Å². The van der Waals surface area contributed by atoms with Crippen LogP contribution in [0.3, 0.4) is 0 Å². The summed E-state index contributed by atoms with van der Waals surface area (Å²) in [5.74, 6) is -0.457. The molecule has 0 aromatic rings. The predicted molar refractivity (Wildman–Crippen MR) is 38.7 cm³/mol. The third kappa shape index (κ3) is 1.07. The van der Waals surface area contributed by atoms with Crippen molar-refractivity contribution in [3.63, 3.8) is 0 Å². The molecule has 0 fully saturated rings. The van der Waals surface area contributed by atoms with E-state index < -0.39 is 5.91 Å². The number of dihydropyridines is 1. The van der Waals surface area contributed by atoms with Crippen molar-refractivity contribution in [3.05, 3.63) is 36.2 Å². The summed E-state index contributed by atoms with van der Waals surface area (Å²) < 4.78 is 0. The summed E-state index contributed by atoms with van der Waals surface area (Å²) in [6.07, 6.45) is 5.02. The first-order valence-electron chi connectivity index (χ1n) is 2.84. The van der Waals surface area contributed by atoms with Gasteiger partial charge in [0.2, 0.25) is 0 Å². The molecule has 3 nitrogen and oxygen atoms in total. The number of allylic oxidation sites excluding steroid dienone is 2. The minimum absolute atomic E-state index is 0.433. The van der Waals surface area contributed by atoms with Crippen LogP contribution in [0.5, 0.6) is 0 Å². The lowest BCUT2D eigenvalue weighted by molar-refractivity contribution is -0.114. The lowest BCUT2D eigenvalue weighted by atomic mass is 10.1. The van der Waals surface area contributed by atoms with Gasteiger partial charge >= 0.3 is 0 Å². The molecule has 0 spiro atoms. The minimum atomic E-state index is -0.457. The van der Waals surface area contributed by atoms with Crippen LogP contribution in [0.15, 0.2) is 36.2 Å². The third-order valence-corrected chi connectivity index (χ3v) is 1.21. The zero-order valence-corrected chi connectivity index (χ0v) is 5.42. The van der Waals surface area contributed by atoms with E-state index in [0.29, 0.717) is 11.3 Å². The van der Waals surface area contributed by atoms with E-state index in [1.165, 1.54) is 0 Å². The van der Waals surface area contributed by atoms with Crippen molar-refractivity contribution in [3.8, 4) is 0 Å². The van der Waals surface area contributed by atoms with Crippen LogP contribution < -0.4 is 11.1 Å². The zero-order valence-electron chi connectivity index (χ0n) is 5.42. The highest BCUT2D eigenvalue weighted by Crippen LogP contribution is 2.07. The molecule has 0 aromatic carbocycles. The Balaban J connectivity index is 2.91. The smallest absolute Gasteiger partial charge is 0.250 e. The zero-order chi connectivity index (χ0) is 7.56. The molecule has 1 rings (SSSR count). The van der Waals surface area contributed by atoms with E-state index in [4.69, 9.17) is 5.73 Å². The highest BCUT2D eigenvalue weighted by Gasteiger charge is 2.08. The number of rotatable bonds is 1. The molecule has 0 radical (unpaired) electrons. The Bertz CT molecular complexity index is 238. The summed E-state index contributed by atoms with van der Waals surface area (Å²) in [7, 11) is 0. The van der Waals surface area contributed by atoms with Crippen LogP contribution in [0.1, 0.15) is 0 Å². The lowest BCUT2D eigenvalue weighted by Crippen LogP contribution is -2.21. The van der Waals surface area contributed by atoms with Crippen molar-refractivity contribution in [2.45, 2.75) is 0 Å². The Morgan fingerprint density at radius 2 is 2.40 bits per heavy atom. The van der Waals surface area contributed by atoms with Crippen LogP contribution >= 0.6 is 0 Å². The van der Waals surface area contributed by atoms with Crippen molar-refractivity contribution in [1.82, 2.24) is 5.32 Å². The van der Waals surface area contributed by atoms with Crippen molar-refractivity contribution >= 4 is 5.91 Å². The van der Waals surface area contributed by atoms with Gasteiger partial charge in [0.15, 0.2) is 0 Å². The lowest BCUT2D eigenvalue weighted by Gasteiger charge is -2.09. The maximum Gasteiger partial charge on any atom is 0.250 e.